The largest absolute Gasteiger partial charge is 0.544 e. The standard InChI is InChI=1S/C69H120N4O39/c1-5-6-7-8-9-10-11-12-13-14-15-16-17-18-19-20-35(83)34(70-30-79)28-101-63-53(94)51(92)57(41(26-77)104-63)108-64-54(95)52(93)56(42(27-78)105-64)107-62-46(73-33(4)82)58(50(91)43(106-62)29-102-68(66(97)98)21-36(84)44(71-31(2)80)59(110-68)47(88)38(86)23-74)109-65-55(96)61(49(90)40(25-76)103-65)112-69(67(99)100)22-37(85)45(72-32(3)81)60(111-69)48(89)39(87)24-75/h30,34-65,74-78,83-96H,5-29H2,1-4H3,(H,70,79)(H,71,80)(H,72,81)(H,73,82)(H,97,98)(H,99,100)/p-2/t34-,35+,36-,37-,38+,39+,40+,41+,42+,43+,44+,45+,46+,47+,48+,49-,50-,51+,52+,53+,54+,55+,56-,57+,58+,59+,60+,61-,62-,63+,64-,65-,68+,69-/m0/s1. The second-order valence-corrected chi connectivity index (χ2v) is 29.3. The van der Waals surface area contributed by atoms with Gasteiger partial charge in [0.15, 0.2) is 25.2 Å². The van der Waals surface area contributed by atoms with Gasteiger partial charge in [0.2, 0.25) is 35.7 Å². The molecule has 650 valence electrons. The molecule has 6 saturated heterocycles. The molecular formula is C69H118N4O39-2. The summed E-state index contributed by atoms with van der Waals surface area (Å²) in [6, 6.07) is -6.79. The first-order chi connectivity index (χ1) is 53.1. The molecule has 0 aromatic heterocycles. The lowest BCUT2D eigenvalue weighted by molar-refractivity contribution is -0.412. The van der Waals surface area contributed by atoms with Gasteiger partial charge in [-0.05, 0) is 6.42 Å². The molecule has 0 aromatic rings. The molecule has 6 aliphatic heterocycles. The predicted octanol–water partition coefficient (Wildman–Crippen LogP) is -12.2. The number of ether oxygens (including phenoxy) is 12. The van der Waals surface area contributed by atoms with Crippen LogP contribution in [-0.2, 0) is 85.6 Å². The van der Waals surface area contributed by atoms with Crippen LogP contribution in [0.15, 0.2) is 0 Å². The average molecular weight is 1630 g/mol. The fraction of sp³-hybridized carbons (Fsp3) is 0.913. The van der Waals surface area contributed by atoms with Crippen molar-refractivity contribution < 1.29 is 193 Å². The lowest BCUT2D eigenvalue weighted by Gasteiger charge is -2.53. The van der Waals surface area contributed by atoms with Gasteiger partial charge in [-0.15, -0.1) is 0 Å². The van der Waals surface area contributed by atoms with Gasteiger partial charge >= 0.3 is 0 Å². The van der Waals surface area contributed by atoms with Gasteiger partial charge in [-0.3, -0.25) is 19.2 Å². The van der Waals surface area contributed by atoms with E-state index < -0.39 is 296 Å². The van der Waals surface area contributed by atoms with Crippen molar-refractivity contribution in [2.45, 2.75) is 351 Å². The highest BCUT2D eigenvalue weighted by atomic mass is 16.8. The molecule has 112 heavy (non-hydrogen) atoms. The van der Waals surface area contributed by atoms with Gasteiger partial charge in [0.25, 0.3) is 0 Å². The Labute approximate surface area is 645 Å². The predicted molar refractivity (Wildman–Crippen MR) is 365 cm³/mol. The van der Waals surface area contributed by atoms with E-state index in [2.05, 4.69) is 28.2 Å². The van der Waals surface area contributed by atoms with Crippen LogP contribution in [0, 0.1) is 0 Å². The molecule has 0 saturated carbocycles. The number of aliphatic carboxylic acids is 2. The molecule has 43 heteroatoms. The number of amides is 4. The first-order valence-corrected chi connectivity index (χ1v) is 38.0. The van der Waals surface area contributed by atoms with Crippen LogP contribution in [0.2, 0.25) is 0 Å². The van der Waals surface area contributed by atoms with E-state index in [0.29, 0.717) is 12.8 Å². The van der Waals surface area contributed by atoms with Crippen LogP contribution in [0.4, 0.5) is 0 Å². The van der Waals surface area contributed by atoms with Crippen LogP contribution >= 0.6 is 0 Å². The summed E-state index contributed by atoms with van der Waals surface area (Å²) in [5, 5.41) is 247. The van der Waals surface area contributed by atoms with E-state index in [1.165, 1.54) is 57.8 Å². The Morgan fingerprint density at radius 1 is 0.464 bits per heavy atom. The third kappa shape index (κ3) is 25.3. The molecule has 0 aromatic carbocycles. The van der Waals surface area contributed by atoms with Crippen LogP contribution in [0.25, 0.3) is 0 Å². The Bertz CT molecular complexity index is 2830. The summed E-state index contributed by atoms with van der Waals surface area (Å²) in [5.41, 5.74) is 0. The maximum atomic E-state index is 13.4. The van der Waals surface area contributed by atoms with E-state index in [0.717, 1.165) is 52.9 Å². The number of carbonyl (C=O) groups excluding carboxylic acids is 6. The Morgan fingerprint density at radius 2 is 0.857 bits per heavy atom. The van der Waals surface area contributed by atoms with Gasteiger partial charge in [-0.1, -0.05) is 103 Å². The fourth-order valence-electron chi connectivity index (χ4n) is 14.6. The zero-order valence-corrected chi connectivity index (χ0v) is 62.9. The third-order valence-corrected chi connectivity index (χ3v) is 20.8. The third-order valence-electron chi connectivity index (χ3n) is 20.8. The van der Waals surface area contributed by atoms with E-state index in [9.17, 15) is 136 Å². The van der Waals surface area contributed by atoms with Crippen molar-refractivity contribution in [1.29, 1.82) is 0 Å². The molecule has 6 rings (SSSR count). The van der Waals surface area contributed by atoms with Crippen molar-refractivity contribution in [1.82, 2.24) is 21.3 Å². The molecular weight excluding hydrogens is 1510 g/mol. The summed E-state index contributed by atoms with van der Waals surface area (Å²) < 4.78 is 70.2. The van der Waals surface area contributed by atoms with E-state index >= 15 is 0 Å². The highest BCUT2D eigenvalue weighted by Gasteiger charge is 2.61. The molecule has 6 fully saturated rings. The Hall–Kier alpha value is -4.42. The maximum Gasteiger partial charge on any atom is 0.217 e. The number of aliphatic hydroxyl groups is 19. The smallest absolute Gasteiger partial charge is 0.217 e. The van der Waals surface area contributed by atoms with Crippen LogP contribution in [0.1, 0.15) is 143 Å². The monoisotopic (exact) mass is 1630 g/mol. The maximum absolute atomic E-state index is 13.4. The zero-order chi connectivity index (χ0) is 83.1. The van der Waals surface area contributed by atoms with E-state index in [1.54, 1.807) is 0 Å². The lowest BCUT2D eigenvalue weighted by atomic mass is 9.88. The van der Waals surface area contributed by atoms with Crippen molar-refractivity contribution in [3.8, 4) is 0 Å². The molecule has 6 heterocycles. The minimum atomic E-state index is -3.47. The summed E-state index contributed by atoms with van der Waals surface area (Å²) in [4.78, 5) is 76.2. The van der Waals surface area contributed by atoms with Crippen molar-refractivity contribution in [3.05, 3.63) is 0 Å². The van der Waals surface area contributed by atoms with Crippen molar-refractivity contribution in [2.24, 2.45) is 0 Å². The zero-order valence-electron chi connectivity index (χ0n) is 62.9. The highest BCUT2D eigenvalue weighted by molar-refractivity contribution is 5.76. The number of nitrogens with one attached hydrogen (secondary N) is 4. The summed E-state index contributed by atoms with van der Waals surface area (Å²) in [7, 11) is 0. The summed E-state index contributed by atoms with van der Waals surface area (Å²) in [6.45, 7) is -2.95. The van der Waals surface area contributed by atoms with Crippen molar-refractivity contribution in [3.63, 3.8) is 0 Å². The molecule has 4 amide bonds. The van der Waals surface area contributed by atoms with Crippen LogP contribution in [0.5, 0.6) is 0 Å². The number of hydrogen-bond acceptors (Lipinski definition) is 39. The van der Waals surface area contributed by atoms with Gasteiger partial charge in [0.1, 0.15) is 146 Å². The fourth-order valence-corrected chi connectivity index (χ4v) is 14.6. The second kappa shape index (κ2) is 46.1. The number of carbonyl (C=O) groups is 6. The number of unbranched alkanes of at least 4 members (excludes halogenated alkanes) is 14. The summed E-state index contributed by atoms with van der Waals surface area (Å²) >= 11 is 0. The first kappa shape index (κ1) is 96.4. The number of aliphatic hydroxyl groups excluding tert-OH is 19. The molecule has 6 aliphatic rings. The van der Waals surface area contributed by atoms with Crippen LogP contribution in [-0.4, -0.2) is 387 Å². The van der Waals surface area contributed by atoms with Gasteiger partial charge in [0, 0.05) is 33.6 Å². The topological polar surface area (TPSA) is 692 Å². The number of carboxylic acids is 2. The summed E-state index contributed by atoms with van der Waals surface area (Å²) in [5.74, 6) is -14.5. The molecule has 0 unspecified atom stereocenters. The SMILES string of the molecule is CCCCCCCCCCCCCCCCC[C@@H](O)[C@H](CO[C@@H]1O[C@H](CO)[C@@H](O[C@@H]2O[C@H](CO)[C@H](O[C@@H]3O[C@H](CO[C@]4(C(=O)[O-])C[C@H](O)[C@@H](NC(C)=O)[C@H]([C@H](O)[C@H](O)CO)O4)[C@H](O)[C@H](O[C@@H]4O[C@H](CO)[C@H](O)[C@H](O[C@]5(C(=O)[O-])C[C@H](O)[C@@H](NC(C)=O)[C@H]([C@H](O)[C@H](O)CO)O5)[C@H]4O)[C@H]3NC(C)=O)[C@H](O)[C@H]2O)[C@H](O)[C@H]1O)NC=O. The number of carboxylic acid groups (broad SMARTS) is 2. The van der Waals surface area contributed by atoms with Crippen molar-refractivity contribution in [2.75, 3.05) is 46.2 Å². The second-order valence-electron chi connectivity index (χ2n) is 29.3. The van der Waals surface area contributed by atoms with Crippen LogP contribution in [0.3, 0.4) is 0 Å². The van der Waals surface area contributed by atoms with Crippen LogP contribution < -0.4 is 31.5 Å². The van der Waals surface area contributed by atoms with E-state index in [4.69, 9.17) is 56.8 Å². The number of rotatable bonds is 47. The van der Waals surface area contributed by atoms with Crippen molar-refractivity contribution >= 4 is 36.1 Å². The Morgan fingerprint density at radius 3 is 1.31 bits per heavy atom. The molecule has 43 nitrogen and oxygen atoms in total. The molecule has 34 atom stereocenters. The minimum Gasteiger partial charge on any atom is -0.544 e. The first-order valence-electron chi connectivity index (χ1n) is 38.0. The number of hydrogen-bond donors (Lipinski definition) is 23. The molecule has 0 spiro atoms. The van der Waals surface area contributed by atoms with Gasteiger partial charge in [-0.25, -0.2) is 0 Å². The average Bonchev–Trinajstić information content (AvgIpc) is 0.760. The quantitative estimate of drug-likeness (QED) is 0.0199. The minimum absolute atomic E-state index is 0.254. The highest BCUT2D eigenvalue weighted by Crippen LogP contribution is 2.41. The molecule has 23 N–H and O–H groups in total. The Balaban J connectivity index is 1.25. The molecule has 0 bridgehead atoms. The Kier molecular flexibility index (Phi) is 39.7. The van der Waals surface area contributed by atoms with Gasteiger partial charge in [0.05, 0.1) is 82.7 Å². The molecule has 0 aliphatic carbocycles. The lowest BCUT2D eigenvalue weighted by Crippen LogP contribution is -2.73. The normalized spacial score (nSPS) is 38.1. The van der Waals surface area contributed by atoms with Gasteiger partial charge < -0.3 is 195 Å². The van der Waals surface area contributed by atoms with E-state index in [-0.39, 0.29) is 6.42 Å². The molecule has 0 radical (unpaired) electrons. The summed E-state index contributed by atoms with van der Waals surface area (Å²) in [6.07, 6.45) is -46.6. The van der Waals surface area contributed by atoms with E-state index in [1.807, 2.05) is 0 Å². The van der Waals surface area contributed by atoms with Gasteiger partial charge in [-0.2, -0.15) is 0 Å².